The van der Waals surface area contributed by atoms with Gasteiger partial charge in [-0.2, -0.15) is 0 Å². The molecule has 0 bridgehead atoms. The Hall–Kier alpha value is -1.67. The number of likely N-dealkylation sites (tertiary alicyclic amines) is 1. The van der Waals surface area contributed by atoms with E-state index in [1.807, 2.05) is 0 Å². The van der Waals surface area contributed by atoms with Crippen LogP contribution in [0.2, 0.25) is 0 Å². The summed E-state index contributed by atoms with van der Waals surface area (Å²) in [5.74, 6) is -1.65. The highest BCUT2D eigenvalue weighted by Gasteiger charge is 2.31. The molecule has 1 saturated heterocycles. The van der Waals surface area contributed by atoms with Gasteiger partial charge in [0.15, 0.2) is 0 Å². The summed E-state index contributed by atoms with van der Waals surface area (Å²) in [5, 5.41) is 13.9. The van der Waals surface area contributed by atoms with E-state index < -0.39 is 32.7 Å². The maximum absolute atomic E-state index is 12.9. The van der Waals surface area contributed by atoms with Crippen molar-refractivity contribution >= 4 is 15.9 Å². The van der Waals surface area contributed by atoms with Gasteiger partial charge in [0.25, 0.3) is 5.91 Å². The van der Waals surface area contributed by atoms with E-state index in [0.29, 0.717) is 19.4 Å². The summed E-state index contributed by atoms with van der Waals surface area (Å²) in [7, 11) is -3.71. The van der Waals surface area contributed by atoms with Crippen LogP contribution < -0.4 is 5.14 Å². The zero-order chi connectivity index (χ0) is 14.9. The third-order valence-electron chi connectivity index (χ3n) is 3.32. The molecule has 1 amide bonds. The molecule has 1 heterocycles. The highest BCUT2D eigenvalue weighted by atomic mass is 32.2. The first-order valence-electron chi connectivity index (χ1n) is 6.08. The van der Waals surface area contributed by atoms with Crippen LogP contribution in [0.1, 0.15) is 23.2 Å². The minimum absolute atomic E-state index is 0.0194. The van der Waals surface area contributed by atoms with Gasteiger partial charge >= 0.3 is 0 Å². The molecule has 1 fully saturated rings. The lowest BCUT2D eigenvalue weighted by molar-refractivity contribution is 0.0724. The number of carbonyl (C=O) groups is 1. The molecular weight excluding hydrogens is 287 g/mol. The first-order valence-corrected chi connectivity index (χ1v) is 7.69. The van der Waals surface area contributed by atoms with Crippen molar-refractivity contribution in [2.75, 3.05) is 13.1 Å². The highest BCUT2D eigenvalue weighted by molar-refractivity contribution is 7.89. The Bertz CT molecular complexity index is 632. The molecule has 1 aromatic carbocycles. The second-order valence-corrected chi connectivity index (χ2v) is 6.61. The average Bonchev–Trinajstić information content (AvgIpc) is 2.37. The van der Waals surface area contributed by atoms with Crippen LogP contribution in [0.15, 0.2) is 18.2 Å². The van der Waals surface area contributed by atoms with Crippen LogP contribution in [0.25, 0.3) is 0 Å². The van der Waals surface area contributed by atoms with Crippen molar-refractivity contribution in [2.45, 2.75) is 18.1 Å². The summed E-state index contributed by atoms with van der Waals surface area (Å²) in [6.07, 6.45) is 0.910. The van der Waals surface area contributed by atoms with E-state index in [0.717, 1.165) is 12.1 Å². The fourth-order valence-corrected chi connectivity index (χ4v) is 3.13. The molecule has 0 radical (unpaired) electrons. The van der Waals surface area contributed by atoms with Crippen molar-refractivity contribution < 1.29 is 22.7 Å². The zero-order valence-electron chi connectivity index (χ0n) is 10.6. The van der Waals surface area contributed by atoms with Crippen molar-refractivity contribution in [3.63, 3.8) is 0 Å². The van der Waals surface area contributed by atoms with E-state index in [1.165, 1.54) is 11.0 Å². The first kappa shape index (κ1) is 14.7. The third kappa shape index (κ3) is 3.07. The normalized spacial score (nSPS) is 19.9. The van der Waals surface area contributed by atoms with Crippen LogP contribution in [0.5, 0.6) is 5.75 Å². The molecule has 1 unspecified atom stereocenters. The maximum atomic E-state index is 12.9. The van der Waals surface area contributed by atoms with Crippen LogP contribution in [0.4, 0.5) is 4.39 Å². The molecule has 0 aliphatic carbocycles. The van der Waals surface area contributed by atoms with Gasteiger partial charge in [-0.1, -0.05) is 0 Å². The van der Waals surface area contributed by atoms with Gasteiger partial charge in [0.1, 0.15) is 11.6 Å². The number of hydrogen-bond acceptors (Lipinski definition) is 4. The highest BCUT2D eigenvalue weighted by Crippen LogP contribution is 2.23. The standard InChI is InChI=1S/C12H15FN2O4S/c13-8-3-4-10(11(16)6-8)12(17)15-5-1-2-9(7-15)20(14,18)19/h3-4,6,9,16H,1-2,5,7H2,(H2,14,18,19). The molecule has 1 aliphatic heterocycles. The van der Waals surface area contributed by atoms with E-state index in [-0.39, 0.29) is 12.1 Å². The van der Waals surface area contributed by atoms with Crippen molar-refractivity contribution in [1.29, 1.82) is 0 Å². The fraction of sp³-hybridized carbons (Fsp3) is 0.417. The molecule has 0 saturated carbocycles. The Morgan fingerprint density at radius 1 is 1.45 bits per heavy atom. The number of phenols is 1. The maximum Gasteiger partial charge on any atom is 0.257 e. The van der Waals surface area contributed by atoms with Gasteiger partial charge in [0.2, 0.25) is 10.0 Å². The quantitative estimate of drug-likeness (QED) is 0.827. The number of hydrogen-bond donors (Lipinski definition) is 2. The predicted octanol–water partition coefficient (Wildman–Crippen LogP) is 0.424. The SMILES string of the molecule is NS(=O)(=O)C1CCCN(C(=O)c2ccc(F)cc2O)C1. The van der Waals surface area contributed by atoms with Gasteiger partial charge < -0.3 is 10.0 Å². The van der Waals surface area contributed by atoms with Gasteiger partial charge in [-0.3, -0.25) is 4.79 Å². The number of phenolic OH excluding ortho intramolecular Hbond substituents is 1. The van der Waals surface area contributed by atoms with Gasteiger partial charge in [0, 0.05) is 19.2 Å². The molecule has 1 aliphatic rings. The summed E-state index contributed by atoms with van der Waals surface area (Å²) in [6, 6.07) is 3.08. The number of aromatic hydroxyl groups is 1. The summed E-state index contributed by atoms with van der Waals surface area (Å²) in [5.41, 5.74) is -0.0542. The molecule has 2 rings (SSSR count). The van der Waals surface area contributed by atoms with E-state index in [9.17, 15) is 22.7 Å². The number of nitrogens with two attached hydrogens (primary N) is 1. The molecule has 0 spiro atoms. The Kier molecular flexibility index (Phi) is 3.96. The number of rotatable bonds is 2. The molecule has 8 heteroatoms. The van der Waals surface area contributed by atoms with E-state index >= 15 is 0 Å². The number of sulfonamides is 1. The van der Waals surface area contributed by atoms with Gasteiger partial charge in [-0.15, -0.1) is 0 Å². The minimum atomic E-state index is -3.71. The van der Waals surface area contributed by atoms with Gasteiger partial charge in [0.05, 0.1) is 10.8 Å². The first-order chi connectivity index (χ1) is 9.29. The van der Waals surface area contributed by atoms with Crippen LogP contribution in [0.3, 0.4) is 0 Å². The van der Waals surface area contributed by atoms with E-state index in [2.05, 4.69) is 0 Å². The van der Waals surface area contributed by atoms with Crippen molar-refractivity contribution in [3.8, 4) is 5.75 Å². The molecule has 1 atom stereocenters. The van der Waals surface area contributed by atoms with Crippen molar-refractivity contribution in [1.82, 2.24) is 4.90 Å². The lowest BCUT2D eigenvalue weighted by Gasteiger charge is -2.31. The molecule has 110 valence electrons. The molecular formula is C12H15FN2O4S. The number of piperidine rings is 1. The Labute approximate surface area is 116 Å². The summed E-state index contributed by atoms with van der Waals surface area (Å²) >= 11 is 0. The third-order valence-corrected chi connectivity index (χ3v) is 4.63. The smallest absolute Gasteiger partial charge is 0.257 e. The Morgan fingerprint density at radius 3 is 2.75 bits per heavy atom. The number of carbonyl (C=O) groups excluding carboxylic acids is 1. The van der Waals surface area contributed by atoms with Crippen molar-refractivity contribution in [2.24, 2.45) is 5.14 Å². The lowest BCUT2D eigenvalue weighted by atomic mass is 10.1. The summed E-state index contributed by atoms with van der Waals surface area (Å²) < 4.78 is 35.6. The molecule has 1 aromatic rings. The molecule has 6 nitrogen and oxygen atoms in total. The van der Waals surface area contributed by atoms with E-state index in [4.69, 9.17) is 5.14 Å². The second kappa shape index (κ2) is 5.37. The molecule has 3 N–H and O–H groups in total. The number of benzene rings is 1. The van der Waals surface area contributed by atoms with Crippen LogP contribution in [-0.2, 0) is 10.0 Å². The number of halogens is 1. The minimum Gasteiger partial charge on any atom is -0.507 e. The van der Waals surface area contributed by atoms with E-state index in [1.54, 1.807) is 0 Å². The Balaban J connectivity index is 2.21. The topological polar surface area (TPSA) is 101 Å². The zero-order valence-corrected chi connectivity index (χ0v) is 11.4. The number of primary sulfonamides is 1. The average molecular weight is 302 g/mol. The van der Waals surface area contributed by atoms with Crippen LogP contribution in [-0.4, -0.2) is 42.7 Å². The lowest BCUT2D eigenvalue weighted by Crippen LogP contribution is -2.47. The van der Waals surface area contributed by atoms with Crippen molar-refractivity contribution in [3.05, 3.63) is 29.6 Å². The monoisotopic (exact) mass is 302 g/mol. The van der Waals surface area contributed by atoms with Gasteiger partial charge in [-0.05, 0) is 25.0 Å². The number of amides is 1. The fourth-order valence-electron chi connectivity index (χ4n) is 2.25. The largest absolute Gasteiger partial charge is 0.507 e. The molecule has 20 heavy (non-hydrogen) atoms. The summed E-state index contributed by atoms with van der Waals surface area (Å²) in [6.45, 7) is 0.357. The molecule has 0 aromatic heterocycles. The van der Waals surface area contributed by atoms with Crippen LogP contribution >= 0.6 is 0 Å². The Morgan fingerprint density at radius 2 is 2.15 bits per heavy atom. The van der Waals surface area contributed by atoms with Crippen LogP contribution in [0, 0.1) is 5.82 Å². The number of nitrogens with zero attached hydrogens (tertiary/aromatic N) is 1. The predicted molar refractivity (Wildman–Crippen MR) is 70.1 cm³/mol. The summed E-state index contributed by atoms with van der Waals surface area (Å²) in [4.78, 5) is 13.5. The van der Waals surface area contributed by atoms with Gasteiger partial charge in [-0.25, -0.2) is 17.9 Å². The second-order valence-electron chi connectivity index (χ2n) is 4.77.